The van der Waals surface area contributed by atoms with E-state index in [-0.39, 0.29) is 5.92 Å². The topological polar surface area (TPSA) is 22.0 Å². The molecule has 0 aromatic carbocycles. The highest BCUT2D eigenvalue weighted by Gasteiger charge is 2.20. The number of aryl methyl sites for hydroxylation is 1. The Morgan fingerprint density at radius 2 is 2.60 bits per heavy atom. The molecule has 1 aliphatic rings. The molecule has 52 valence electrons. The first kappa shape index (κ1) is 5.71. The third-order valence-corrected chi connectivity index (χ3v) is 2.09. The summed E-state index contributed by atoms with van der Waals surface area (Å²) in [6, 6.07) is 4.01. The number of aldehydes is 1. The molecule has 1 aromatic rings. The Hall–Kier alpha value is -1.05. The lowest BCUT2D eigenvalue weighted by atomic mass is 10.1. The predicted molar refractivity (Wildman–Crippen MR) is 37.9 cm³/mol. The largest absolute Gasteiger partial charge is 0.351 e. The van der Waals surface area contributed by atoms with E-state index in [9.17, 15) is 4.79 Å². The minimum absolute atomic E-state index is 0.162. The van der Waals surface area contributed by atoms with E-state index in [1.807, 2.05) is 18.3 Å². The third-order valence-electron chi connectivity index (χ3n) is 2.09. The van der Waals surface area contributed by atoms with Crippen molar-refractivity contribution in [2.45, 2.75) is 18.9 Å². The van der Waals surface area contributed by atoms with Crippen LogP contribution in [-0.4, -0.2) is 10.9 Å². The second-order valence-corrected chi connectivity index (χ2v) is 2.66. The van der Waals surface area contributed by atoms with Crippen LogP contribution in [0.3, 0.4) is 0 Å². The van der Waals surface area contributed by atoms with E-state index in [0.29, 0.717) is 0 Å². The van der Waals surface area contributed by atoms with Crippen LogP contribution in [0.2, 0.25) is 0 Å². The monoisotopic (exact) mass is 135 g/mol. The van der Waals surface area contributed by atoms with Gasteiger partial charge in [0, 0.05) is 18.4 Å². The zero-order valence-electron chi connectivity index (χ0n) is 5.66. The highest BCUT2D eigenvalue weighted by molar-refractivity contribution is 5.61. The molecule has 1 unspecified atom stereocenters. The van der Waals surface area contributed by atoms with Crippen LogP contribution in [0.25, 0.3) is 0 Å². The van der Waals surface area contributed by atoms with Gasteiger partial charge in [0.15, 0.2) is 0 Å². The summed E-state index contributed by atoms with van der Waals surface area (Å²) in [5, 5.41) is 0. The molecule has 0 amide bonds. The first-order valence-electron chi connectivity index (χ1n) is 3.52. The Bertz CT molecular complexity index is 252. The molecule has 1 aromatic heterocycles. The van der Waals surface area contributed by atoms with Gasteiger partial charge in [-0.1, -0.05) is 0 Å². The van der Waals surface area contributed by atoms with Crippen molar-refractivity contribution >= 4 is 6.29 Å². The Kier molecular flexibility index (Phi) is 1.13. The van der Waals surface area contributed by atoms with Gasteiger partial charge < -0.3 is 9.36 Å². The zero-order valence-corrected chi connectivity index (χ0v) is 5.66. The van der Waals surface area contributed by atoms with Crippen LogP contribution in [0.4, 0.5) is 0 Å². The third kappa shape index (κ3) is 0.618. The Morgan fingerprint density at radius 1 is 1.70 bits per heavy atom. The van der Waals surface area contributed by atoms with E-state index >= 15 is 0 Å². The summed E-state index contributed by atoms with van der Waals surface area (Å²) in [4.78, 5) is 10.5. The minimum Gasteiger partial charge on any atom is -0.351 e. The molecule has 1 atom stereocenters. The fourth-order valence-electron chi connectivity index (χ4n) is 1.53. The van der Waals surface area contributed by atoms with Crippen molar-refractivity contribution in [2.75, 3.05) is 0 Å². The number of carbonyl (C=O) groups excluding carboxylic acids is 1. The van der Waals surface area contributed by atoms with Crippen LogP contribution >= 0.6 is 0 Å². The van der Waals surface area contributed by atoms with Crippen molar-refractivity contribution in [1.82, 2.24) is 4.57 Å². The molecule has 0 bridgehead atoms. The van der Waals surface area contributed by atoms with Gasteiger partial charge in [0.05, 0.1) is 5.92 Å². The van der Waals surface area contributed by atoms with Crippen molar-refractivity contribution in [3.63, 3.8) is 0 Å². The smallest absolute Gasteiger partial charge is 0.129 e. The van der Waals surface area contributed by atoms with Crippen LogP contribution in [0.5, 0.6) is 0 Å². The SMILES string of the molecule is O=CC1CCn2cccc21. The van der Waals surface area contributed by atoms with E-state index in [1.54, 1.807) is 0 Å². The van der Waals surface area contributed by atoms with E-state index in [2.05, 4.69) is 4.57 Å². The Morgan fingerprint density at radius 3 is 3.40 bits per heavy atom. The lowest BCUT2D eigenvalue weighted by Crippen LogP contribution is -1.92. The van der Waals surface area contributed by atoms with Gasteiger partial charge in [-0.15, -0.1) is 0 Å². The van der Waals surface area contributed by atoms with Gasteiger partial charge in [0.1, 0.15) is 6.29 Å². The molecule has 2 rings (SSSR count). The molecule has 0 spiro atoms. The van der Waals surface area contributed by atoms with Crippen molar-refractivity contribution < 1.29 is 4.79 Å². The molecular formula is C8H9NO. The van der Waals surface area contributed by atoms with E-state index in [4.69, 9.17) is 0 Å². The molecule has 2 heteroatoms. The fourth-order valence-corrected chi connectivity index (χ4v) is 1.53. The summed E-state index contributed by atoms with van der Waals surface area (Å²) < 4.78 is 2.14. The maximum atomic E-state index is 10.5. The van der Waals surface area contributed by atoms with Crippen LogP contribution in [0.1, 0.15) is 18.0 Å². The van der Waals surface area contributed by atoms with Gasteiger partial charge in [-0.3, -0.25) is 0 Å². The molecule has 1 aliphatic heterocycles. The zero-order chi connectivity index (χ0) is 6.97. The highest BCUT2D eigenvalue weighted by Crippen LogP contribution is 2.25. The van der Waals surface area contributed by atoms with Gasteiger partial charge in [0.2, 0.25) is 0 Å². The summed E-state index contributed by atoms with van der Waals surface area (Å²) in [6.45, 7) is 1.01. The number of aromatic nitrogens is 1. The molecule has 2 heterocycles. The van der Waals surface area contributed by atoms with Crippen molar-refractivity contribution in [3.8, 4) is 0 Å². The second kappa shape index (κ2) is 1.97. The van der Waals surface area contributed by atoms with Crippen LogP contribution in [-0.2, 0) is 11.3 Å². The first-order valence-corrected chi connectivity index (χ1v) is 3.52. The number of hydrogen-bond donors (Lipinski definition) is 0. The van der Waals surface area contributed by atoms with Crippen molar-refractivity contribution in [2.24, 2.45) is 0 Å². The van der Waals surface area contributed by atoms with Gasteiger partial charge in [0.25, 0.3) is 0 Å². The summed E-state index contributed by atoms with van der Waals surface area (Å²) >= 11 is 0. The van der Waals surface area contributed by atoms with Crippen LogP contribution in [0.15, 0.2) is 18.3 Å². The number of rotatable bonds is 1. The summed E-state index contributed by atoms with van der Waals surface area (Å²) in [6.07, 6.45) is 4.05. The molecule has 0 radical (unpaired) electrons. The number of hydrogen-bond acceptors (Lipinski definition) is 1. The average Bonchev–Trinajstić information content (AvgIpc) is 2.44. The molecule has 0 fully saturated rings. The quantitative estimate of drug-likeness (QED) is 0.530. The van der Waals surface area contributed by atoms with E-state index < -0.39 is 0 Å². The molecule has 0 saturated heterocycles. The van der Waals surface area contributed by atoms with Crippen molar-refractivity contribution in [3.05, 3.63) is 24.0 Å². The van der Waals surface area contributed by atoms with Crippen molar-refractivity contribution in [1.29, 1.82) is 0 Å². The average molecular weight is 135 g/mol. The molecule has 0 N–H and O–H groups in total. The molecule has 0 aliphatic carbocycles. The van der Waals surface area contributed by atoms with Gasteiger partial charge >= 0.3 is 0 Å². The van der Waals surface area contributed by atoms with Gasteiger partial charge in [-0.05, 0) is 18.6 Å². The Balaban J connectivity index is 2.43. The number of carbonyl (C=O) groups is 1. The predicted octanol–water partition coefficient (Wildman–Crippen LogP) is 1.17. The van der Waals surface area contributed by atoms with E-state index in [0.717, 1.165) is 19.3 Å². The van der Waals surface area contributed by atoms with E-state index in [1.165, 1.54) is 5.69 Å². The molecule has 2 nitrogen and oxygen atoms in total. The standard InChI is InChI=1S/C8H9NO/c10-6-7-3-5-9-4-1-2-8(7)9/h1-2,4,6-7H,3,5H2. The fraction of sp³-hybridized carbons (Fsp3) is 0.375. The number of nitrogens with zero attached hydrogens (tertiary/aromatic N) is 1. The first-order chi connectivity index (χ1) is 4.92. The minimum atomic E-state index is 0.162. The summed E-state index contributed by atoms with van der Waals surface area (Å²) in [5.74, 6) is 0.162. The number of fused-ring (bicyclic) bond motifs is 1. The van der Waals surface area contributed by atoms with Gasteiger partial charge in [-0.25, -0.2) is 0 Å². The maximum Gasteiger partial charge on any atom is 0.129 e. The maximum absolute atomic E-state index is 10.5. The summed E-state index contributed by atoms with van der Waals surface area (Å²) in [7, 11) is 0. The highest BCUT2D eigenvalue weighted by atomic mass is 16.1. The van der Waals surface area contributed by atoms with Crippen LogP contribution < -0.4 is 0 Å². The summed E-state index contributed by atoms with van der Waals surface area (Å²) in [5.41, 5.74) is 1.18. The lowest BCUT2D eigenvalue weighted by Gasteiger charge is -1.95. The van der Waals surface area contributed by atoms with Gasteiger partial charge in [-0.2, -0.15) is 0 Å². The molecule has 10 heavy (non-hydrogen) atoms. The lowest BCUT2D eigenvalue weighted by molar-refractivity contribution is -0.109. The molecule has 0 saturated carbocycles. The normalized spacial score (nSPS) is 22.6. The second-order valence-electron chi connectivity index (χ2n) is 2.66. The molecular weight excluding hydrogens is 126 g/mol. The van der Waals surface area contributed by atoms with Crippen LogP contribution in [0, 0.1) is 0 Å². The Labute approximate surface area is 59.5 Å².